The Morgan fingerprint density at radius 2 is 2.14 bits per heavy atom. The van der Waals surface area contributed by atoms with E-state index in [9.17, 15) is 14.7 Å². The number of hydrogen-bond acceptors (Lipinski definition) is 4. The molecule has 1 aromatic rings. The molecule has 1 heterocycles. The first-order chi connectivity index (χ1) is 10.0. The number of aliphatic carboxylic acids is 1. The Morgan fingerprint density at radius 3 is 2.76 bits per heavy atom. The van der Waals surface area contributed by atoms with E-state index in [0.717, 1.165) is 24.2 Å². The fourth-order valence-corrected chi connectivity index (χ4v) is 3.46. The van der Waals surface area contributed by atoms with Gasteiger partial charge in [0.1, 0.15) is 5.54 Å². The van der Waals surface area contributed by atoms with E-state index in [0.29, 0.717) is 6.42 Å². The van der Waals surface area contributed by atoms with Crippen molar-refractivity contribution in [1.82, 2.24) is 10.3 Å². The average molecular weight is 308 g/mol. The topological polar surface area (TPSA) is 79.3 Å². The Hall–Kier alpha value is -1.56. The van der Waals surface area contributed by atoms with Gasteiger partial charge in [0.2, 0.25) is 5.91 Å². The summed E-state index contributed by atoms with van der Waals surface area (Å²) in [6.45, 7) is 1.91. The van der Waals surface area contributed by atoms with Crippen LogP contribution in [0, 0.1) is 5.92 Å². The summed E-state index contributed by atoms with van der Waals surface area (Å²) in [6.07, 6.45) is 6.55. The van der Waals surface area contributed by atoms with Gasteiger partial charge in [-0.05, 0) is 30.9 Å². The lowest BCUT2D eigenvalue weighted by atomic mass is 9.73. The molecule has 1 aromatic heterocycles. The number of nitrogens with one attached hydrogen (secondary N) is 1. The number of nitrogens with zero attached hydrogens (tertiary/aromatic N) is 1. The fourth-order valence-electron chi connectivity index (χ4n) is 2.77. The Kier molecular flexibility index (Phi) is 5.22. The molecule has 1 aliphatic rings. The number of carboxylic acid groups (broad SMARTS) is 1. The summed E-state index contributed by atoms with van der Waals surface area (Å²) in [5.41, 5.74) is -1.10. The van der Waals surface area contributed by atoms with E-state index >= 15 is 0 Å². The van der Waals surface area contributed by atoms with Crippen molar-refractivity contribution < 1.29 is 14.7 Å². The van der Waals surface area contributed by atoms with Crippen LogP contribution in [0.2, 0.25) is 0 Å². The zero-order chi connectivity index (χ0) is 15.3. The first-order valence-corrected chi connectivity index (χ1v) is 8.10. The maximum absolute atomic E-state index is 12.1. The van der Waals surface area contributed by atoms with Crippen LogP contribution in [0.15, 0.2) is 29.4 Å². The quantitative estimate of drug-likeness (QED) is 0.816. The van der Waals surface area contributed by atoms with E-state index in [-0.39, 0.29) is 17.6 Å². The minimum atomic E-state index is -1.10. The molecule has 6 heteroatoms. The lowest BCUT2D eigenvalue weighted by molar-refractivity contribution is -0.151. The third-order valence-corrected chi connectivity index (χ3v) is 5.08. The molecular weight excluding hydrogens is 288 g/mol. The lowest BCUT2D eigenvalue weighted by Crippen LogP contribution is -2.60. The lowest BCUT2D eigenvalue weighted by Gasteiger charge is -2.39. The molecule has 0 radical (unpaired) electrons. The number of rotatable bonds is 5. The number of carbonyl (C=O) groups is 2. The molecule has 0 aromatic carbocycles. The van der Waals surface area contributed by atoms with Crippen LogP contribution >= 0.6 is 11.8 Å². The van der Waals surface area contributed by atoms with Gasteiger partial charge in [-0.2, -0.15) is 0 Å². The molecule has 2 N–H and O–H groups in total. The predicted molar refractivity (Wildman–Crippen MR) is 81.1 cm³/mol. The molecule has 5 nitrogen and oxygen atoms in total. The van der Waals surface area contributed by atoms with Gasteiger partial charge in [0.05, 0.1) is 5.75 Å². The van der Waals surface area contributed by atoms with Crippen molar-refractivity contribution in [1.29, 1.82) is 0 Å². The molecule has 21 heavy (non-hydrogen) atoms. The fraction of sp³-hybridized carbons (Fsp3) is 0.533. The summed E-state index contributed by atoms with van der Waals surface area (Å²) in [4.78, 5) is 28.7. The number of carbonyl (C=O) groups excluding carboxylic acids is 1. The molecule has 0 aliphatic heterocycles. The van der Waals surface area contributed by atoms with Crippen LogP contribution in [-0.4, -0.2) is 33.3 Å². The summed E-state index contributed by atoms with van der Waals surface area (Å²) >= 11 is 1.38. The van der Waals surface area contributed by atoms with Crippen LogP contribution < -0.4 is 5.32 Å². The highest BCUT2D eigenvalue weighted by Gasteiger charge is 2.46. The third-order valence-electron chi connectivity index (χ3n) is 4.06. The molecule has 2 rings (SSSR count). The van der Waals surface area contributed by atoms with Gasteiger partial charge in [0.15, 0.2) is 0 Å². The van der Waals surface area contributed by atoms with Crippen LogP contribution in [0.3, 0.4) is 0 Å². The first-order valence-electron chi connectivity index (χ1n) is 7.12. The minimum Gasteiger partial charge on any atom is -0.479 e. The van der Waals surface area contributed by atoms with Gasteiger partial charge < -0.3 is 10.4 Å². The van der Waals surface area contributed by atoms with Crippen molar-refractivity contribution in [2.75, 3.05) is 5.75 Å². The molecule has 1 aliphatic carbocycles. The minimum absolute atomic E-state index is 0.0429. The van der Waals surface area contributed by atoms with Crippen molar-refractivity contribution in [3.8, 4) is 0 Å². The van der Waals surface area contributed by atoms with Crippen LogP contribution in [0.5, 0.6) is 0 Å². The Morgan fingerprint density at radius 1 is 1.43 bits per heavy atom. The van der Waals surface area contributed by atoms with Gasteiger partial charge in [-0.3, -0.25) is 9.78 Å². The van der Waals surface area contributed by atoms with Gasteiger partial charge in [-0.1, -0.05) is 19.8 Å². The second-order valence-corrected chi connectivity index (χ2v) is 6.49. The normalized spacial score (nSPS) is 25.3. The second kappa shape index (κ2) is 6.93. The molecule has 1 amide bonds. The number of pyridine rings is 1. The number of amides is 1. The van der Waals surface area contributed by atoms with E-state index in [2.05, 4.69) is 10.3 Å². The SMILES string of the molecule is CC1CCCCC1(NC(=O)CSc1ccncc1)C(=O)O. The number of carboxylic acids is 1. The van der Waals surface area contributed by atoms with E-state index in [1.54, 1.807) is 12.4 Å². The Bertz CT molecular complexity index is 509. The number of thioether (sulfide) groups is 1. The van der Waals surface area contributed by atoms with E-state index in [4.69, 9.17) is 0 Å². The number of hydrogen-bond donors (Lipinski definition) is 2. The maximum atomic E-state index is 12.1. The van der Waals surface area contributed by atoms with Crippen molar-refractivity contribution in [2.24, 2.45) is 5.92 Å². The van der Waals surface area contributed by atoms with E-state index in [1.165, 1.54) is 11.8 Å². The number of aromatic nitrogens is 1. The molecule has 0 saturated heterocycles. The Balaban J connectivity index is 1.97. The van der Waals surface area contributed by atoms with Crippen molar-refractivity contribution in [3.05, 3.63) is 24.5 Å². The molecule has 0 bridgehead atoms. The van der Waals surface area contributed by atoms with Gasteiger partial charge in [0.25, 0.3) is 0 Å². The van der Waals surface area contributed by atoms with Crippen molar-refractivity contribution in [3.63, 3.8) is 0 Å². The van der Waals surface area contributed by atoms with Crippen LogP contribution in [-0.2, 0) is 9.59 Å². The molecular formula is C15H20N2O3S. The largest absolute Gasteiger partial charge is 0.479 e. The second-order valence-electron chi connectivity index (χ2n) is 5.44. The summed E-state index contributed by atoms with van der Waals surface area (Å²) in [6, 6.07) is 3.66. The predicted octanol–water partition coefficient (Wildman–Crippen LogP) is 2.32. The monoisotopic (exact) mass is 308 g/mol. The average Bonchev–Trinajstić information content (AvgIpc) is 2.48. The maximum Gasteiger partial charge on any atom is 0.329 e. The molecule has 0 spiro atoms. The highest BCUT2D eigenvalue weighted by molar-refractivity contribution is 8.00. The third kappa shape index (κ3) is 3.75. The summed E-state index contributed by atoms with van der Waals surface area (Å²) < 4.78 is 0. The molecule has 114 valence electrons. The molecule has 2 atom stereocenters. The molecule has 1 fully saturated rings. The van der Waals surface area contributed by atoms with Crippen molar-refractivity contribution >= 4 is 23.6 Å². The summed E-state index contributed by atoms with van der Waals surface area (Å²) in [5, 5.41) is 12.3. The van der Waals surface area contributed by atoms with Crippen LogP contribution in [0.4, 0.5) is 0 Å². The van der Waals surface area contributed by atoms with Crippen molar-refractivity contribution in [2.45, 2.75) is 43.0 Å². The summed E-state index contributed by atoms with van der Waals surface area (Å²) in [5.74, 6) is -0.977. The smallest absolute Gasteiger partial charge is 0.329 e. The summed E-state index contributed by atoms with van der Waals surface area (Å²) in [7, 11) is 0. The van der Waals surface area contributed by atoms with E-state index < -0.39 is 11.5 Å². The zero-order valence-electron chi connectivity index (χ0n) is 12.0. The van der Waals surface area contributed by atoms with Gasteiger partial charge in [-0.15, -0.1) is 11.8 Å². The van der Waals surface area contributed by atoms with Gasteiger partial charge >= 0.3 is 5.97 Å². The van der Waals surface area contributed by atoms with Gasteiger partial charge in [-0.25, -0.2) is 4.79 Å². The Labute approximate surface area is 128 Å². The highest BCUT2D eigenvalue weighted by Crippen LogP contribution is 2.34. The molecule has 2 unspecified atom stereocenters. The highest BCUT2D eigenvalue weighted by atomic mass is 32.2. The van der Waals surface area contributed by atoms with Crippen LogP contribution in [0.25, 0.3) is 0 Å². The zero-order valence-corrected chi connectivity index (χ0v) is 12.9. The standard InChI is InChI=1S/C15H20N2O3S/c1-11-4-2-3-7-15(11,14(19)20)17-13(18)10-21-12-5-8-16-9-6-12/h5-6,8-9,11H,2-4,7,10H2,1H3,(H,17,18)(H,19,20). The van der Waals surface area contributed by atoms with E-state index in [1.807, 2.05) is 19.1 Å². The van der Waals surface area contributed by atoms with Crippen LogP contribution in [0.1, 0.15) is 32.6 Å². The first kappa shape index (κ1) is 15.8. The van der Waals surface area contributed by atoms with Gasteiger partial charge in [0, 0.05) is 17.3 Å². The molecule has 1 saturated carbocycles.